The van der Waals surface area contributed by atoms with E-state index in [2.05, 4.69) is 34.0 Å². The van der Waals surface area contributed by atoms with Crippen molar-refractivity contribution in [3.05, 3.63) is 22.4 Å². The number of likely N-dealkylation sites (N-methyl/N-ethyl adjacent to an activating group) is 1. The van der Waals surface area contributed by atoms with E-state index < -0.39 is 0 Å². The zero-order chi connectivity index (χ0) is 15.1. The van der Waals surface area contributed by atoms with Gasteiger partial charge in [0, 0.05) is 31.1 Å². The Labute approximate surface area is 130 Å². The van der Waals surface area contributed by atoms with Crippen LogP contribution in [-0.2, 0) is 16.0 Å². The minimum Gasteiger partial charge on any atom is -0.374 e. The molecule has 1 aliphatic heterocycles. The van der Waals surface area contributed by atoms with Crippen molar-refractivity contribution in [1.82, 2.24) is 15.5 Å². The largest absolute Gasteiger partial charge is 0.374 e. The lowest BCUT2D eigenvalue weighted by Crippen LogP contribution is -2.49. The predicted octanol–water partition coefficient (Wildman–Crippen LogP) is 0.716. The molecule has 6 heteroatoms. The maximum Gasteiger partial charge on any atom is 0.236 e. The summed E-state index contributed by atoms with van der Waals surface area (Å²) in [5.74, 6) is 0.0516. The average Bonchev–Trinajstić information content (AvgIpc) is 2.98. The summed E-state index contributed by atoms with van der Waals surface area (Å²) in [6.45, 7) is 5.96. The molecule has 0 bridgehead atoms. The zero-order valence-corrected chi connectivity index (χ0v) is 13.6. The molecule has 0 aromatic carbocycles. The Morgan fingerprint density at radius 1 is 1.62 bits per heavy atom. The van der Waals surface area contributed by atoms with Gasteiger partial charge in [-0.15, -0.1) is 11.3 Å². The molecule has 1 aromatic heterocycles. The van der Waals surface area contributed by atoms with Crippen LogP contribution in [0.15, 0.2) is 17.5 Å². The highest BCUT2D eigenvalue weighted by Crippen LogP contribution is 2.08. The van der Waals surface area contributed by atoms with E-state index in [1.54, 1.807) is 11.3 Å². The molecule has 1 fully saturated rings. The number of morpholine rings is 1. The number of ether oxygens (including phenoxy) is 1. The molecule has 0 radical (unpaired) electrons. The van der Waals surface area contributed by atoms with E-state index in [0.29, 0.717) is 13.1 Å². The summed E-state index contributed by atoms with van der Waals surface area (Å²) in [5.41, 5.74) is 0. The molecule has 1 amide bonds. The standard InChI is InChI=1S/C15H25N3O2S/c1-12(17-10-13-11-18(2)7-8-20-13)15(19)16-6-5-14-4-3-9-21-14/h3-4,9,12-13,17H,5-8,10-11H2,1-2H3,(H,16,19)/t12-,13-/m1/s1. The molecule has 1 saturated heterocycles. The van der Waals surface area contributed by atoms with Gasteiger partial charge in [-0.3, -0.25) is 4.79 Å². The molecule has 2 heterocycles. The van der Waals surface area contributed by atoms with Gasteiger partial charge in [0.25, 0.3) is 0 Å². The van der Waals surface area contributed by atoms with E-state index in [4.69, 9.17) is 4.74 Å². The highest BCUT2D eigenvalue weighted by molar-refractivity contribution is 7.09. The van der Waals surface area contributed by atoms with Gasteiger partial charge in [-0.1, -0.05) is 6.07 Å². The van der Waals surface area contributed by atoms with Crippen LogP contribution >= 0.6 is 11.3 Å². The van der Waals surface area contributed by atoms with E-state index in [1.165, 1.54) is 4.88 Å². The third-order valence-electron chi connectivity index (χ3n) is 3.64. The second-order valence-electron chi connectivity index (χ2n) is 5.51. The fraction of sp³-hybridized carbons (Fsp3) is 0.667. The first-order valence-corrected chi connectivity index (χ1v) is 8.36. The minimum atomic E-state index is -0.191. The highest BCUT2D eigenvalue weighted by atomic mass is 32.1. The number of nitrogens with zero attached hydrogens (tertiary/aromatic N) is 1. The Hall–Kier alpha value is -0.950. The number of amides is 1. The van der Waals surface area contributed by atoms with Gasteiger partial charge in [0.15, 0.2) is 0 Å². The summed E-state index contributed by atoms with van der Waals surface area (Å²) < 4.78 is 5.67. The first kappa shape index (κ1) is 16.4. The second kappa shape index (κ2) is 8.48. The van der Waals surface area contributed by atoms with Crippen molar-refractivity contribution in [3.8, 4) is 0 Å². The topological polar surface area (TPSA) is 53.6 Å². The van der Waals surface area contributed by atoms with Crippen LogP contribution in [0, 0.1) is 0 Å². The third kappa shape index (κ3) is 5.74. The van der Waals surface area contributed by atoms with E-state index in [1.807, 2.05) is 13.0 Å². The number of carbonyl (C=O) groups is 1. The quantitative estimate of drug-likeness (QED) is 0.779. The molecule has 5 nitrogen and oxygen atoms in total. The maximum absolute atomic E-state index is 12.0. The van der Waals surface area contributed by atoms with Gasteiger partial charge in [-0.2, -0.15) is 0 Å². The zero-order valence-electron chi connectivity index (χ0n) is 12.8. The summed E-state index contributed by atoms with van der Waals surface area (Å²) in [6, 6.07) is 3.94. The Bertz CT molecular complexity index is 425. The fourth-order valence-electron chi connectivity index (χ4n) is 2.31. The van der Waals surface area contributed by atoms with E-state index in [0.717, 1.165) is 26.1 Å². The summed E-state index contributed by atoms with van der Waals surface area (Å²) in [4.78, 5) is 15.5. The highest BCUT2D eigenvalue weighted by Gasteiger charge is 2.19. The van der Waals surface area contributed by atoms with Crippen LogP contribution < -0.4 is 10.6 Å². The second-order valence-corrected chi connectivity index (χ2v) is 6.54. The van der Waals surface area contributed by atoms with Crippen LogP contribution in [0.2, 0.25) is 0 Å². The van der Waals surface area contributed by atoms with Crippen LogP contribution in [0.25, 0.3) is 0 Å². The van der Waals surface area contributed by atoms with Gasteiger partial charge in [-0.05, 0) is 31.8 Å². The van der Waals surface area contributed by atoms with Crippen molar-refractivity contribution < 1.29 is 9.53 Å². The van der Waals surface area contributed by atoms with Gasteiger partial charge in [0.1, 0.15) is 0 Å². The van der Waals surface area contributed by atoms with Gasteiger partial charge in [0.2, 0.25) is 5.91 Å². The molecule has 1 aromatic rings. The summed E-state index contributed by atoms with van der Waals surface area (Å²) in [6.07, 6.45) is 1.07. The number of thiophene rings is 1. The fourth-order valence-corrected chi connectivity index (χ4v) is 3.02. The summed E-state index contributed by atoms with van der Waals surface area (Å²) >= 11 is 1.72. The maximum atomic E-state index is 12.0. The molecule has 21 heavy (non-hydrogen) atoms. The molecule has 2 rings (SSSR count). The minimum absolute atomic E-state index is 0.0516. The Balaban J connectivity index is 1.60. The first-order valence-electron chi connectivity index (χ1n) is 7.49. The third-order valence-corrected chi connectivity index (χ3v) is 4.57. The monoisotopic (exact) mass is 311 g/mol. The van der Waals surface area contributed by atoms with Crippen molar-refractivity contribution in [3.63, 3.8) is 0 Å². The smallest absolute Gasteiger partial charge is 0.236 e. The van der Waals surface area contributed by atoms with Crippen LogP contribution in [0.1, 0.15) is 11.8 Å². The van der Waals surface area contributed by atoms with Crippen LogP contribution in [0.4, 0.5) is 0 Å². The molecule has 2 N–H and O–H groups in total. The Morgan fingerprint density at radius 3 is 3.19 bits per heavy atom. The van der Waals surface area contributed by atoms with Crippen LogP contribution in [-0.4, -0.2) is 62.8 Å². The van der Waals surface area contributed by atoms with Gasteiger partial charge in [0.05, 0.1) is 18.8 Å². The Morgan fingerprint density at radius 2 is 2.48 bits per heavy atom. The van der Waals surface area contributed by atoms with E-state index in [-0.39, 0.29) is 18.1 Å². The van der Waals surface area contributed by atoms with Gasteiger partial charge >= 0.3 is 0 Å². The van der Waals surface area contributed by atoms with Gasteiger partial charge in [-0.25, -0.2) is 0 Å². The molecule has 118 valence electrons. The lowest BCUT2D eigenvalue weighted by molar-refractivity contribution is -0.122. The van der Waals surface area contributed by atoms with Crippen molar-refractivity contribution >= 4 is 17.2 Å². The SMILES string of the molecule is C[C@@H](NC[C@@H]1CN(C)CCO1)C(=O)NCCc1cccs1. The van der Waals surface area contributed by atoms with Crippen LogP contribution in [0.5, 0.6) is 0 Å². The molecule has 0 saturated carbocycles. The summed E-state index contributed by atoms with van der Waals surface area (Å²) in [5, 5.41) is 8.28. The van der Waals surface area contributed by atoms with Crippen molar-refractivity contribution in [2.24, 2.45) is 0 Å². The molecular formula is C15H25N3O2S. The molecule has 2 atom stereocenters. The first-order chi connectivity index (χ1) is 10.1. The normalized spacial score (nSPS) is 21.1. The number of rotatable bonds is 7. The van der Waals surface area contributed by atoms with Gasteiger partial charge < -0.3 is 20.3 Å². The number of carbonyl (C=O) groups excluding carboxylic acids is 1. The Kier molecular flexibility index (Phi) is 6.63. The van der Waals surface area contributed by atoms with E-state index in [9.17, 15) is 4.79 Å². The molecule has 0 unspecified atom stereocenters. The predicted molar refractivity (Wildman–Crippen MR) is 85.7 cm³/mol. The molecule has 0 aliphatic carbocycles. The lowest BCUT2D eigenvalue weighted by atomic mass is 10.2. The van der Waals surface area contributed by atoms with Crippen molar-refractivity contribution in [2.45, 2.75) is 25.5 Å². The molecular weight excluding hydrogens is 286 g/mol. The van der Waals surface area contributed by atoms with Crippen molar-refractivity contribution in [1.29, 1.82) is 0 Å². The summed E-state index contributed by atoms with van der Waals surface area (Å²) in [7, 11) is 2.09. The molecule has 1 aliphatic rings. The number of hydrogen-bond donors (Lipinski definition) is 2. The van der Waals surface area contributed by atoms with Crippen molar-refractivity contribution in [2.75, 3.05) is 39.8 Å². The van der Waals surface area contributed by atoms with Crippen LogP contribution in [0.3, 0.4) is 0 Å². The average molecular weight is 311 g/mol. The number of nitrogens with one attached hydrogen (secondary N) is 2. The number of hydrogen-bond acceptors (Lipinski definition) is 5. The van der Waals surface area contributed by atoms with E-state index >= 15 is 0 Å². The molecule has 0 spiro atoms. The lowest BCUT2D eigenvalue weighted by Gasteiger charge is -2.30.